The van der Waals surface area contributed by atoms with Gasteiger partial charge in [-0.3, -0.25) is 4.79 Å². The third kappa shape index (κ3) is 21.9. The maximum absolute atomic E-state index is 13.2. The smallest absolute Gasteiger partial charge is 0.220 e. The SMILES string of the molecule is CCCCCCCCCCCCCCCCCCC(=O)NC(COC1OC(CO)C(OC2OC(CO)C(OC3OC(CO)C(O)C(O)C3O)C(O)C2O)C(O)C1O)C(O)CCCCCCCCCCC. The molecule has 0 bridgehead atoms. The second-order valence-electron chi connectivity index (χ2n) is 20.1. The van der Waals surface area contributed by atoms with Gasteiger partial charge in [0.25, 0.3) is 0 Å². The zero-order valence-electron chi connectivity index (χ0n) is 42.5. The van der Waals surface area contributed by atoms with Crippen LogP contribution in [0, 0.1) is 0 Å². The molecule has 3 aliphatic rings. The normalized spacial score (nSPS) is 32.5. The molecule has 1 amide bonds. The quantitative estimate of drug-likeness (QED) is 0.0394. The summed E-state index contributed by atoms with van der Waals surface area (Å²) in [6.45, 7) is 1.75. The third-order valence-electron chi connectivity index (χ3n) is 14.2. The predicted molar refractivity (Wildman–Crippen MR) is 259 cm³/mol. The number of rotatable bonds is 39. The Labute approximate surface area is 417 Å². The topological polar surface area (TPSA) is 307 Å². The number of hydrogen-bond donors (Lipinski definition) is 12. The van der Waals surface area contributed by atoms with E-state index < -0.39 is 124 Å². The van der Waals surface area contributed by atoms with Crippen molar-refractivity contribution in [3.8, 4) is 0 Å². The summed E-state index contributed by atoms with van der Waals surface area (Å²) in [5.41, 5.74) is 0. The van der Waals surface area contributed by atoms with E-state index in [2.05, 4.69) is 19.2 Å². The Morgan fingerprint density at radius 1 is 0.457 bits per heavy atom. The number of ether oxygens (including phenoxy) is 6. The van der Waals surface area contributed by atoms with Gasteiger partial charge < -0.3 is 89.9 Å². The fourth-order valence-electron chi connectivity index (χ4n) is 9.61. The van der Waals surface area contributed by atoms with Gasteiger partial charge in [0.05, 0.1) is 38.6 Å². The van der Waals surface area contributed by atoms with Gasteiger partial charge >= 0.3 is 0 Å². The highest BCUT2D eigenvalue weighted by Gasteiger charge is 2.53. The van der Waals surface area contributed by atoms with Crippen LogP contribution < -0.4 is 5.32 Å². The Morgan fingerprint density at radius 3 is 1.24 bits per heavy atom. The van der Waals surface area contributed by atoms with Crippen molar-refractivity contribution in [1.29, 1.82) is 0 Å². The lowest BCUT2D eigenvalue weighted by Gasteiger charge is -2.48. The van der Waals surface area contributed by atoms with Crippen LogP contribution in [-0.2, 0) is 33.2 Å². The number of aliphatic hydroxyl groups is 11. The zero-order chi connectivity index (χ0) is 51.3. The van der Waals surface area contributed by atoms with Crippen LogP contribution in [0.5, 0.6) is 0 Å². The van der Waals surface area contributed by atoms with Crippen LogP contribution in [0.2, 0.25) is 0 Å². The summed E-state index contributed by atoms with van der Waals surface area (Å²) in [5, 5.41) is 120. The Balaban J connectivity index is 1.51. The molecule has 3 aliphatic heterocycles. The summed E-state index contributed by atoms with van der Waals surface area (Å²) in [6.07, 6.45) is 3.60. The minimum atomic E-state index is -1.97. The minimum Gasteiger partial charge on any atom is -0.394 e. The van der Waals surface area contributed by atoms with Crippen molar-refractivity contribution in [2.45, 2.75) is 291 Å². The van der Waals surface area contributed by atoms with Crippen LogP contribution in [0.4, 0.5) is 0 Å². The molecule has 0 saturated carbocycles. The van der Waals surface area contributed by atoms with Gasteiger partial charge in [0, 0.05) is 6.42 Å². The second-order valence-corrected chi connectivity index (χ2v) is 20.1. The van der Waals surface area contributed by atoms with Gasteiger partial charge in [-0.15, -0.1) is 0 Å². The summed E-state index contributed by atoms with van der Waals surface area (Å²) >= 11 is 0. The lowest BCUT2D eigenvalue weighted by atomic mass is 9.96. The Kier molecular flexibility index (Phi) is 33.1. The Hall–Kier alpha value is -1.21. The van der Waals surface area contributed by atoms with Crippen LogP contribution in [0.3, 0.4) is 0 Å². The second kappa shape index (κ2) is 36.7. The predicted octanol–water partition coefficient (Wildman–Crippen LogP) is 2.87. The maximum atomic E-state index is 13.2. The van der Waals surface area contributed by atoms with Crippen molar-refractivity contribution in [3.05, 3.63) is 0 Å². The van der Waals surface area contributed by atoms with Crippen molar-refractivity contribution in [2.75, 3.05) is 26.4 Å². The van der Waals surface area contributed by atoms with E-state index in [1.54, 1.807) is 0 Å². The molecule has 0 aromatic heterocycles. The number of nitrogens with one attached hydrogen (secondary N) is 1. The molecule has 17 atom stereocenters. The van der Waals surface area contributed by atoms with Crippen molar-refractivity contribution in [1.82, 2.24) is 5.32 Å². The largest absolute Gasteiger partial charge is 0.394 e. The molecule has 3 saturated heterocycles. The molecular formula is C51H97NO18. The molecule has 0 aromatic carbocycles. The van der Waals surface area contributed by atoms with Crippen molar-refractivity contribution in [3.63, 3.8) is 0 Å². The number of carbonyl (C=O) groups is 1. The maximum Gasteiger partial charge on any atom is 0.220 e. The Bertz CT molecular complexity index is 1300. The number of aliphatic hydroxyl groups excluding tert-OH is 11. The monoisotopic (exact) mass is 1010 g/mol. The summed E-state index contributed by atoms with van der Waals surface area (Å²) < 4.78 is 34.2. The molecule has 0 aromatic rings. The average Bonchev–Trinajstić information content (AvgIpc) is 3.35. The fourth-order valence-corrected chi connectivity index (χ4v) is 9.61. The molecule has 0 aliphatic carbocycles. The van der Waals surface area contributed by atoms with Gasteiger partial charge in [-0.25, -0.2) is 0 Å². The lowest BCUT2D eigenvalue weighted by Crippen LogP contribution is -2.66. The summed E-state index contributed by atoms with van der Waals surface area (Å²) in [5.74, 6) is -0.243. The standard InChI is InChI=1S/C51H97NO18/c1-3-5-7-9-11-13-14-15-16-17-18-19-21-23-25-27-29-39(57)52-34(35(56)28-26-24-22-20-12-10-8-6-4-2)33-65-49-45(63)42(60)47(37(31-54)67-49)70-51-46(64)43(61)48(38(32-55)68-51)69-50-44(62)41(59)40(58)36(30-53)66-50/h34-38,40-51,53-56,58-64H,3-33H2,1-2H3,(H,52,57). The molecule has 70 heavy (non-hydrogen) atoms. The van der Waals surface area contributed by atoms with Crippen molar-refractivity contribution in [2.24, 2.45) is 0 Å². The van der Waals surface area contributed by atoms with Crippen LogP contribution in [0.1, 0.15) is 187 Å². The summed E-state index contributed by atoms with van der Waals surface area (Å²) in [6, 6.07) is -0.877. The van der Waals surface area contributed by atoms with E-state index >= 15 is 0 Å². The number of carbonyl (C=O) groups excluding carboxylic acids is 1. The first kappa shape index (κ1) is 63.1. The first-order valence-electron chi connectivity index (χ1n) is 27.3. The molecule has 17 unspecified atom stereocenters. The van der Waals surface area contributed by atoms with Gasteiger partial charge in [0.2, 0.25) is 5.91 Å². The number of unbranched alkanes of at least 4 members (excludes halogenated alkanes) is 23. The van der Waals surface area contributed by atoms with E-state index in [0.29, 0.717) is 12.8 Å². The van der Waals surface area contributed by atoms with Gasteiger partial charge in [-0.05, 0) is 12.8 Å². The van der Waals surface area contributed by atoms with E-state index in [1.165, 1.54) is 109 Å². The lowest BCUT2D eigenvalue weighted by molar-refractivity contribution is -0.379. The number of amides is 1. The molecule has 3 rings (SSSR count). The molecule has 19 nitrogen and oxygen atoms in total. The van der Waals surface area contributed by atoms with E-state index in [-0.39, 0.29) is 18.9 Å². The third-order valence-corrected chi connectivity index (χ3v) is 14.2. The van der Waals surface area contributed by atoms with Crippen molar-refractivity contribution >= 4 is 5.91 Å². The summed E-state index contributed by atoms with van der Waals surface area (Å²) in [4.78, 5) is 13.2. The first-order valence-corrected chi connectivity index (χ1v) is 27.3. The molecule has 12 N–H and O–H groups in total. The zero-order valence-corrected chi connectivity index (χ0v) is 42.5. The van der Waals surface area contributed by atoms with E-state index in [0.717, 1.165) is 44.9 Å². The van der Waals surface area contributed by atoms with Crippen molar-refractivity contribution < 1.29 is 89.4 Å². The van der Waals surface area contributed by atoms with Crippen LogP contribution in [0.15, 0.2) is 0 Å². The number of hydrogen-bond acceptors (Lipinski definition) is 18. The van der Waals surface area contributed by atoms with Gasteiger partial charge in [-0.1, -0.05) is 168 Å². The van der Waals surface area contributed by atoms with E-state index in [9.17, 15) is 61.0 Å². The molecule has 0 radical (unpaired) electrons. The highest BCUT2D eigenvalue weighted by Crippen LogP contribution is 2.33. The highest BCUT2D eigenvalue weighted by atomic mass is 16.8. The molecular weight excluding hydrogens is 915 g/mol. The van der Waals surface area contributed by atoms with Gasteiger partial charge in [0.15, 0.2) is 18.9 Å². The van der Waals surface area contributed by atoms with Gasteiger partial charge in [0.1, 0.15) is 73.2 Å². The van der Waals surface area contributed by atoms with Gasteiger partial charge in [-0.2, -0.15) is 0 Å². The molecule has 3 heterocycles. The fraction of sp³-hybridized carbons (Fsp3) is 0.980. The van der Waals surface area contributed by atoms with Crippen LogP contribution in [-0.4, -0.2) is 193 Å². The highest BCUT2D eigenvalue weighted by molar-refractivity contribution is 5.76. The molecule has 0 spiro atoms. The van der Waals surface area contributed by atoms with E-state index in [4.69, 9.17) is 28.4 Å². The summed E-state index contributed by atoms with van der Waals surface area (Å²) in [7, 11) is 0. The molecule has 414 valence electrons. The Morgan fingerprint density at radius 2 is 0.814 bits per heavy atom. The molecule has 3 fully saturated rings. The molecule has 19 heteroatoms. The van der Waals surface area contributed by atoms with E-state index in [1.807, 2.05) is 0 Å². The minimum absolute atomic E-state index is 0.243. The first-order chi connectivity index (χ1) is 33.8. The average molecular weight is 1010 g/mol. The van der Waals surface area contributed by atoms with Crippen LogP contribution >= 0.6 is 0 Å². The van der Waals surface area contributed by atoms with Crippen LogP contribution in [0.25, 0.3) is 0 Å².